The molecule has 3 heteroatoms. The van der Waals surface area contributed by atoms with E-state index in [1.807, 2.05) is 11.3 Å². The molecule has 0 amide bonds. The molecule has 0 aromatic carbocycles. The van der Waals surface area contributed by atoms with Crippen LogP contribution < -0.4 is 5.32 Å². The van der Waals surface area contributed by atoms with E-state index in [0.29, 0.717) is 6.04 Å². The lowest BCUT2D eigenvalue weighted by molar-refractivity contribution is 0.315. The summed E-state index contributed by atoms with van der Waals surface area (Å²) in [5.41, 5.74) is 0. The van der Waals surface area contributed by atoms with E-state index in [1.54, 1.807) is 0 Å². The second-order valence-corrected chi connectivity index (χ2v) is 6.15. The molecule has 0 spiro atoms. The predicted molar refractivity (Wildman–Crippen MR) is 61.2 cm³/mol. The average molecular weight is 260 g/mol. The summed E-state index contributed by atoms with van der Waals surface area (Å²) >= 11 is 5.32. The van der Waals surface area contributed by atoms with Gasteiger partial charge in [0, 0.05) is 17.0 Å². The third kappa shape index (κ3) is 2.33. The van der Waals surface area contributed by atoms with Crippen LogP contribution in [0.25, 0.3) is 0 Å². The first-order valence-corrected chi connectivity index (χ1v) is 6.38. The molecule has 0 saturated heterocycles. The van der Waals surface area contributed by atoms with E-state index in [4.69, 9.17) is 0 Å². The van der Waals surface area contributed by atoms with Gasteiger partial charge in [-0.05, 0) is 47.8 Å². The van der Waals surface area contributed by atoms with Gasteiger partial charge in [0.05, 0.1) is 3.79 Å². The first-order chi connectivity index (χ1) is 6.25. The van der Waals surface area contributed by atoms with E-state index >= 15 is 0 Å². The SMILES string of the molecule is C[C@@H](NC1CCC1)c1ccc(Br)s1. The Morgan fingerprint density at radius 2 is 2.31 bits per heavy atom. The molecule has 0 radical (unpaired) electrons. The predicted octanol–water partition coefficient (Wildman–Crippen LogP) is 3.71. The lowest BCUT2D eigenvalue weighted by atomic mass is 9.92. The second kappa shape index (κ2) is 4.11. The van der Waals surface area contributed by atoms with Crippen molar-refractivity contribution in [1.29, 1.82) is 0 Å². The van der Waals surface area contributed by atoms with Crippen LogP contribution in [0.3, 0.4) is 0 Å². The van der Waals surface area contributed by atoms with Gasteiger partial charge >= 0.3 is 0 Å². The fourth-order valence-electron chi connectivity index (χ4n) is 1.57. The molecule has 2 rings (SSSR count). The van der Waals surface area contributed by atoms with E-state index in [1.165, 1.54) is 27.9 Å². The Bertz CT molecular complexity index is 280. The Labute approximate surface area is 91.7 Å². The lowest BCUT2D eigenvalue weighted by Crippen LogP contribution is -2.36. The van der Waals surface area contributed by atoms with Gasteiger partial charge in [-0.1, -0.05) is 6.42 Å². The Morgan fingerprint density at radius 3 is 2.77 bits per heavy atom. The molecule has 1 nitrogen and oxygen atoms in total. The zero-order valence-electron chi connectivity index (χ0n) is 7.72. The molecule has 1 N–H and O–H groups in total. The molecule has 1 fully saturated rings. The molecular formula is C10H14BrNS. The fourth-order valence-corrected chi connectivity index (χ4v) is 3.01. The summed E-state index contributed by atoms with van der Waals surface area (Å²) in [6, 6.07) is 5.61. The van der Waals surface area contributed by atoms with Crippen LogP contribution in [0.4, 0.5) is 0 Å². The Balaban J connectivity index is 1.92. The van der Waals surface area contributed by atoms with E-state index in [-0.39, 0.29) is 0 Å². The van der Waals surface area contributed by atoms with Crippen LogP contribution in [-0.4, -0.2) is 6.04 Å². The molecule has 1 aromatic rings. The van der Waals surface area contributed by atoms with Crippen molar-refractivity contribution in [1.82, 2.24) is 5.32 Å². The third-order valence-corrected chi connectivity index (χ3v) is 4.42. The maximum Gasteiger partial charge on any atom is 0.0701 e. The Kier molecular flexibility index (Phi) is 3.06. The maximum atomic E-state index is 3.64. The van der Waals surface area contributed by atoms with E-state index in [0.717, 1.165) is 6.04 Å². The average Bonchev–Trinajstić information content (AvgIpc) is 2.44. The zero-order valence-corrected chi connectivity index (χ0v) is 10.1. The van der Waals surface area contributed by atoms with E-state index < -0.39 is 0 Å². The number of hydrogen-bond acceptors (Lipinski definition) is 2. The molecule has 1 aliphatic rings. The molecule has 1 saturated carbocycles. The van der Waals surface area contributed by atoms with Gasteiger partial charge in [0.1, 0.15) is 0 Å². The van der Waals surface area contributed by atoms with Crippen LogP contribution >= 0.6 is 27.3 Å². The topological polar surface area (TPSA) is 12.0 Å². The molecule has 72 valence electrons. The Morgan fingerprint density at radius 1 is 1.54 bits per heavy atom. The smallest absolute Gasteiger partial charge is 0.0701 e. The van der Waals surface area contributed by atoms with Crippen LogP contribution in [0, 0.1) is 0 Å². The van der Waals surface area contributed by atoms with Crippen LogP contribution in [0.15, 0.2) is 15.9 Å². The molecule has 13 heavy (non-hydrogen) atoms. The first-order valence-electron chi connectivity index (χ1n) is 4.77. The van der Waals surface area contributed by atoms with Gasteiger partial charge < -0.3 is 5.32 Å². The summed E-state index contributed by atoms with van der Waals surface area (Å²) in [6.07, 6.45) is 4.12. The first kappa shape index (κ1) is 9.69. The minimum absolute atomic E-state index is 0.515. The van der Waals surface area contributed by atoms with Crippen LogP contribution in [-0.2, 0) is 0 Å². The van der Waals surface area contributed by atoms with Crippen molar-refractivity contribution in [3.63, 3.8) is 0 Å². The quantitative estimate of drug-likeness (QED) is 0.873. The molecule has 1 aliphatic carbocycles. The van der Waals surface area contributed by atoms with Crippen molar-refractivity contribution in [3.8, 4) is 0 Å². The molecule has 1 heterocycles. The van der Waals surface area contributed by atoms with Gasteiger partial charge in [-0.2, -0.15) is 0 Å². The fraction of sp³-hybridized carbons (Fsp3) is 0.600. The van der Waals surface area contributed by atoms with Gasteiger partial charge in [0.25, 0.3) is 0 Å². The summed E-state index contributed by atoms with van der Waals surface area (Å²) in [4.78, 5) is 1.43. The lowest BCUT2D eigenvalue weighted by Gasteiger charge is -2.29. The minimum Gasteiger partial charge on any atom is -0.307 e. The Hall–Kier alpha value is 0.140. The number of hydrogen-bond donors (Lipinski definition) is 1. The summed E-state index contributed by atoms with van der Waals surface area (Å²) in [5, 5.41) is 3.64. The standard InChI is InChI=1S/C10H14BrNS/c1-7(12-8-3-2-4-8)9-5-6-10(11)13-9/h5-8,12H,2-4H2,1H3/t7-/m1/s1. The normalized spacial score (nSPS) is 19.8. The molecule has 0 aliphatic heterocycles. The zero-order chi connectivity index (χ0) is 9.26. The molecule has 0 bridgehead atoms. The van der Waals surface area contributed by atoms with Gasteiger partial charge in [0.15, 0.2) is 0 Å². The van der Waals surface area contributed by atoms with Crippen molar-refractivity contribution in [2.24, 2.45) is 0 Å². The van der Waals surface area contributed by atoms with Gasteiger partial charge in [0.2, 0.25) is 0 Å². The number of halogens is 1. The van der Waals surface area contributed by atoms with Crippen molar-refractivity contribution in [2.45, 2.75) is 38.3 Å². The van der Waals surface area contributed by atoms with Gasteiger partial charge in [-0.25, -0.2) is 0 Å². The van der Waals surface area contributed by atoms with E-state index in [2.05, 4.69) is 40.3 Å². The van der Waals surface area contributed by atoms with Gasteiger partial charge in [-0.3, -0.25) is 0 Å². The highest BCUT2D eigenvalue weighted by Crippen LogP contribution is 2.29. The highest BCUT2D eigenvalue weighted by Gasteiger charge is 2.20. The van der Waals surface area contributed by atoms with Crippen molar-refractivity contribution in [2.75, 3.05) is 0 Å². The highest BCUT2D eigenvalue weighted by atomic mass is 79.9. The monoisotopic (exact) mass is 259 g/mol. The van der Waals surface area contributed by atoms with Crippen LogP contribution in [0.5, 0.6) is 0 Å². The van der Waals surface area contributed by atoms with Crippen LogP contribution in [0.2, 0.25) is 0 Å². The second-order valence-electron chi connectivity index (χ2n) is 3.66. The largest absolute Gasteiger partial charge is 0.307 e. The van der Waals surface area contributed by atoms with Crippen molar-refractivity contribution >= 4 is 27.3 Å². The molecular weight excluding hydrogens is 246 g/mol. The summed E-state index contributed by atoms with van der Waals surface area (Å²) in [7, 11) is 0. The van der Waals surface area contributed by atoms with Crippen LogP contribution in [0.1, 0.15) is 37.1 Å². The molecule has 1 atom stereocenters. The highest BCUT2D eigenvalue weighted by molar-refractivity contribution is 9.11. The molecule has 0 unspecified atom stereocenters. The number of rotatable bonds is 3. The van der Waals surface area contributed by atoms with Crippen molar-refractivity contribution in [3.05, 3.63) is 20.8 Å². The number of nitrogens with one attached hydrogen (secondary N) is 1. The summed E-state index contributed by atoms with van der Waals surface area (Å²) < 4.78 is 1.23. The molecule has 1 aromatic heterocycles. The number of thiophene rings is 1. The summed E-state index contributed by atoms with van der Waals surface area (Å²) in [6.45, 7) is 2.25. The van der Waals surface area contributed by atoms with Crippen molar-refractivity contribution < 1.29 is 0 Å². The maximum absolute atomic E-state index is 3.64. The minimum atomic E-state index is 0.515. The summed E-state index contributed by atoms with van der Waals surface area (Å²) in [5.74, 6) is 0. The third-order valence-electron chi connectivity index (χ3n) is 2.61. The van der Waals surface area contributed by atoms with Gasteiger partial charge in [-0.15, -0.1) is 11.3 Å². The van der Waals surface area contributed by atoms with E-state index in [9.17, 15) is 0 Å².